The van der Waals surface area contributed by atoms with Gasteiger partial charge in [0, 0.05) is 24.7 Å². The van der Waals surface area contributed by atoms with E-state index >= 15 is 0 Å². The van der Waals surface area contributed by atoms with E-state index < -0.39 is 0 Å². The van der Waals surface area contributed by atoms with Crippen molar-refractivity contribution in [2.24, 2.45) is 11.7 Å². The van der Waals surface area contributed by atoms with Crippen molar-refractivity contribution in [3.8, 4) is 0 Å². The Morgan fingerprint density at radius 2 is 2.06 bits per heavy atom. The van der Waals surface area contributed by atoms with Crippen molar-refractivity contribution < 1.29 is 4.74 Å². The van der Waals surface area contributed by atoms with Crippen molar-refractivity contribution >= 4 is 0 Å². The van der Waals surface area contributed by atoms with E-state index in [-0.39, 0.29) is 5.54 Å². The Bertz CT molecular complexity index is 232. The minimum Gasteiger partial charge on any atom is -0.378 e. The van der Waals surface area contributed by atoms with E-state index in [2.05, 4.69) is 39.6 Å². The molecule has 3 atom stereocenters. The van der Waals surface area contributed by atoms with Crippen molar-refractivity contribution in [1.82, 2.24) is 4.90 Å². The number of ether oxygens (including phenoxy) is 1. The van der Waals surface area contributed by atoms with Gasteiger partial charge in [0.1, 0.15) is 0 Å². The molecule has 1 aliphatic rings. The fourth-order valence-electron chi connectivity index (χ4n) is 2.76. The number of rotatable bonds is 5. The highest BCUT2D eigenvalue weighted by molar-refractivity contribution is 4.97. The van der Waals surface area contributed by atoms with Crippen molar-refractivity contribution in [3.05, 3.63) is 0 Å². The average molecular weight is 242 g/mol. The zero-order valence-corrected chi connectivity index (χ0v) is 12.2. The predicted molar refractivity (Wildman–Crippen MR) is 73.1 cm³/mol. The van der Waals surface area contributed by atoms with Crippen LogP contribution >= 0.6 is 0 Å². The van der Waals surface area contributed by atoms with Crippen LogP contribution in [0.1, 0.15) is 47.0 Å². The topological polar surface area (TPSA) is 38.5 Å². The van der Waals surface area contributed by atoms with Crippen LogP contribution in [0.15, 0.2) is 0 Å². The van der Waals surface area contributed by atoms with Crippen LogP contribution in [0.5, 0.6) is 0 Å². The molecule has 0 aromatic heterocycles. The molecule has 102 valence electrons. The molecule has 1 heterocycles. The van der Waals surface area contributed by atoms with E-state index in [1.165, 1.54) is 6.42 Å². The smallest absolute Gasteiger partial charge is 0.0616 e. The molecule has 1 saturated heterocycles. The molecule has 1 aliphatic heterocycles. The molecule has 0 amide bonds. The van der Waals surface area contributed by atoms with E-state index in [0.717, 1.165) is 26.0 Å². The molecule has 0 aromatic carbocycles. The fraction of sp³-hybridized carbons (Fsp3) is 1.00. The molecule has 0 spiro atoms. The quantitative estimate of drug-likeness (QED) is 0.803. The number of nitrogens with zero attached hydrogens (tertiary/aromatic N) is 1. The first-order chi connectivity index (χ1) is 7.96. The number of hydrogen-bond acceptors (Lipinski definition) is 3. The third-order valence-corrected chi connectivity index (χ3v) is 4.60. The highest BCUT2D eigenvalue weighted by Gasteiger charge is 2.41. The van der Waals surface area contributed by atoms with Crippen LogP contribution in [0.4, 0.5) is 0 Å². The molecule has 1 fully saturated rings. The van der Waals surface area contributed by atoms with Crippen LogP contribution in [0.2, 0.25) is 0 Å². The maximum atomic E-state index is 6.10. The number of nitrogens with two attached hydrogens (primary N) is 1. The Hall–Kier alpha value is -0.120. The van der Waals surface area contributed by atoms with Crippen molar-refractivity contribution in [3.63, 3.8) is 0 Å². The molecule has 0 bridgehead atoms. The minimum absolute atomic E-state index is 0.141. The first kappa shape index (κ1) is 14.9. The Labute approximate surface area is 107 Å². The molecule has 0 radical (unpaired) electrons. The summed E-state index contributed by atoms with van der Waals surface area (Å²) in [5.74, 6) is 0.576. The summed E-state index contributed by atoms with van der Waals surface area (Å²) in [6, 6.07) is 0.587. The Balaban J connectivity index is 2.79. The van der Waals surface area contributed by atoms with Gasteiger partial charge >= 0.3 is 0 Å². The summed E-state index contributed by atoms with van der Waals surface area (Å²) in [4.78, 5) is 2.49. The molecule has 0 aliphatic carbocycles. The SMILES string of the molecule is CCC(C)N(C)C1(CN)CCOC(C(C)C)C1. The standard InChI is InChI=1S/C14H30N2O/c1-6-12(4)16(5)14(10-15)7-8-17-13(9-14)11(2)3/h11-13H,6-10,15H2,1-5H3. The van der Waals surface area contributed by atoms with Crippen LogP contribution in [-0.2, 0) is 4.74 Å². The predicted octanol–water partition coefficient (Wildman–Crippen LogP) is 2.25. The van der Waals surface area contributed by atoms with Gasteiger partial charge in [0.15, 0.2) is 0 Å². The molecular weight excluding hydrogens is 212 g/mol. The largest absolute Gasteiger partial charge is 0.378 e. The van der Waals surface area contributed by atoms with Gasteiger partial charge in [0.05, 0.1) is 6.10 Å². The first-order valence-corrected chi connectivity index (χ1v) is 7.01. The fourth-order valence-corrected chi connectivity index (χ4v) is 2.76. The van der Waals surface area contributed by atoms with Crippen molar-refractivity contribution in [2.45, 2.75) is 64.6 Å². The van der Waals surface area contributed by atoms with Gasteiger partial charge in [0.2, 0.25) is 0 Å². The molecule has 3 unspecified atom stereocenters. The first-order valence-electron chi connectivity index (χ1n) is 7.01. The second-order valence-electron chi connectivity index (χ2n) is 5.90. The summed E-state index contributed by atoms with van der Waals surface area (Å²) in [6.45, 7) is 10.6. The highest BCUT2D eigenvalue weighted by Crippen LogP contribution is 2.33. The monoisotopic (exact) mass is 242 g/mol. The third kappa shape index (κ3) is 3.21. The van der Waals surface area contributed by atoms with Crippen LogP contribution in [-0.4, -0.2) is 42.8 Å². The molecular formula is C14H30N2O. The van der Waals surface area contributed by atoms with Gasteiger partial charge in [-0.15, -0.1) is 0 Å². The Kier molecular flexibility index (Phi) is 5.42. The molecule has 17 heavy (non-hydrogen) atoms. The lowest BCUT2D eigenvalue weighted by atomic mass is 9.81. The summed E-state index contributed by atoms with van der Waals surface area (Å²) >= 11 is 0. The second-order valence-corrected chi connectivity index (χ2v) is 5.90. The van der Waals surface area contributed by atoms with Gasteiger partial charge in [-0.1, -0.05) is 20.8 Å². The number of hydrogen-bond donors (Lipinski definition) is 1. The van der Waals surface area contributed by atoms with Crippen LogP contribution in [0, 0.1) is 5.92 Å². The molecule has 0 saturated carbocycles. The van der Waals surface area contributed by atoms with Crippen LogP contribution in [0.25, 0.3) is 0 Å². The van der Waals surface area contributed by atoms with Crippen LogP contribution < -0.4 is 5.73 Å². The zero-order valence-electron chi connectivity index (χ0n) is 12.2. The summed E-state index contributed by atoms with van der Waals surface area (Å²) < 4.78 is 5.88. The van der Waals surface area contributed by atoms with Crippen molar-refractivity contribution in [2.75, 3.05) is 20.2 Å². The summed E-state index contributed by atoms with van der Waals surface area (Å²) in [5.41, 5.74) is 6.24. The molecule has 1 rings (SSSR count). The van der Waals surface area contributed by atoms with E-state index in [1.807, 2.05) is 0 Å². The zero-order chi connectivity index (χ0) is 13.1. The molecule has 2 N–H and O–H groups in total. The maximum Gasteiger partial charge on any atom is 0.0616 e. The van der Waals surface area contributed by atoms with Crippen LogP contribution in [0.3, 0.4) is 0 Å². The summed E-state index contributed by atoms with van der Waals surface area (Å²) in [7, 11) is 2.23. The van der Waals surface area contributed by atoms with E-state index in [9.17, 15) is 0 Å². The average Bonchev–Trinajstić information content (AvgIpc) is 2.36. The summed E-state index contributed by atoms with van der Waals surface area (Å²) in [5, 5.41) is 0. The summed E-state index contributed by atoms with van der Waals surface area (Å²) in [6.07, 6.45) is 3.67. The molecule has 3 heteroatoms. The lowest BCUT2D eigenvalue weighted by Gasteiger charge is -2.49. The number of likely N-dealkylation sites (N-methyl/N-ethyl adjacent to an activating group) is 1. The normalized spacial score (nSPS) is 32.1. The van der Waals surface area contributed by atoms with E-state index in [1.54, 1.807) is 0 Å². The lowest BCUT2D eigenvalue weighted by Crippen LogP contribution is -2.60. The van der Waals surface area contributed by atoms with Gasteiger partial charge in [-0.25, -0.2) is 0 Å². The Morgan fingerprint density at radius 1 is 1.41 bits per heavy atom. The van der Waals surface area contributed by atoms with E-state index in [4.69, 9.17) is 10.5 Å². The van der Waals surface area contributed by atoms with Gasteiger partial charge in [-0.3, -0.25) is 4.90 Å². The van der Waals surface area contributed by atoms with E-state index in [0.29, 0.717) is 18.1 Å². The minimum atomic E-state index is 0.141. The second kappa shape index (κ2) is 6.17. The lowest BCUT2D eigenvalue weighted by molar-refractivity contribution is -0.0896. The molecule has 3 nitrogen and oxygen atoms in total. The molecule has 0 aromatic rings. The third-order valence-electron chi connectivity index (χ3n) is 4.60. The van der Waals surface area contributed by atoms with Gasteiger partial charge in [-0.2, -0.15) is 0 Å². The van der Waals surface area contributed by atoms with Gasteiger partial charge in [-0.05, 0) is 39.2 Å². The van der Waals surface area contributed by atoms with Gasteiger partial charge in [0.25, 0.3) is 0 Å². The van der Waals surface area contributed by atoms with Gasteiger partial charge < -0.3 is 10.5 Å². The van der Waals surface area contributed by atoms with Crippen molar-refractivity contribution in [1.29, 1.82) is 0 Å². The Morgan fingerprint density at radius 3 is 2.53 bits per heavy atom. The highest BCUT2D eigenvalue weighted by atomic mass is 16.5. The maximum absolute atomic E-state index is 6.10.